The van der Waals surface area contributed by atoms with Crippen LogP contribution in [0.4, 0.5) is 0 Å². The van der Waals surface area contributed by atoms with Crippen LogP contribution in [0, 0.1) is 35.5 Å². The largest absolute Gasteiger partial charge is 0.0465 e. The van der Waals surface area contributed by atoms with Crippen molar-refractivity contribution in [1.29, 1.82) is 0 Å². The molecule has 4 saturated carbocycles. The van der Waals surface area contributed by atoms with Gasteiger partial charge in [-0.1, -0.05) is 0 Å². The molecule has 48 valence electrons. The van der Waals surface area contributed by atoms with Crippen molar-refractivity contribution < 1.29 is 0 Å². The SMILES string of the molecule is C1C2[C@H]3C[C@H]3C1[C@H]1C[C@@H]21. The van der Waals surface area contributed by atoms with Crippen LogP contribution in [-0.2, 0) is 0 Å². The molecular formula is C9H12. The van der Waals surface area contributed by atoms with Gasteiger partial charge in [-0.15, -0.1) is 0 Å². The monoisotopic (exact) mass is 120 g/mol. The standard InChI is InChI=1S/C9H12/c1-4-5(1)9-3-8(4)6-2-7(6)9/h4-9H,1-3H2/t4-,5+,6+,7-,8?,9?. The van der Waals surface area contributed by atoms with E-state index in [2.05, 4.69) is 0 Å². The van der Waals surface area contributed by atoms with Crippen LogP contribution < -0.4 is 0 Å². The average molecular weight is 120 g/mol. The summed E-state index contributed by atoms with van der Waals surface area (Å²) in [6.45, 7) is 0. The van der Waals surface area contributed by atoms with Crippen LogP contribution in [0.15, 0.2) is 0 Å². The predicted molar refractivity (Wildman–Crippen MR) is 34.8 cm³/mol. The molecule has 0 radical (unpaired) electrons. The van der Waals surface area contributed by atoms with Gasteiger partial charge in [0, 0.05) is 0 Å². The second-order valence-corrected chi connectivity index (χ2v) is 4.69. The molecule has 4 fully saturated rings. The molecule has 4 aliphatic carbocycles. The van der Waals surface area contributed by atoms with E-state index in [1.807, 2.05) is 0 Å². The number of fused-ring (bicyclic) bond motifs is 8. The lowest BCUT2D eigenvalue weighted by atomic mass is 10.0. The first-order valence-electron chi connectivity index (χ1n) is 4.45. The Kier molecular flexibility index (Phi) is 0.395. The van der Waals surface area contributed by atoms with Gasteiger partial charge >= 0.3 is 0 Å². The molecular weight excluding hydrogens is 108 g/mol. The van der Waals surface area contributed by atoms with E-state index in [0.717, 1.165) is 0 Å². The van der Waals surface area contributed by atoms with E-state index in [9.17, 15) is 0 Å². The molecule has 9 heavy (non-hydrogen) atoms. The molecule has 0 amide bonds. The Bertz CT molecular complexity index is 148. The molecule has 0 spiro atoms. The second-order valence-electron chi connectivity index (χ2n) is 4.69. The Morgan fingerprint density at radius 1 is 0.444 bits per heavy atom. The zero-order valence-corrected chi connectivity index (χ0v) is 5.59. The van der Waals surface area contributed by atoms with Crippen LogP contribution >= 0.6 is 0 Å². The van der Waals surface area contributed by atoms with Crippen LogP contribution in [0.1, 0.15) is 19.3 Å². The first-order chi connectivity index (χ1) is 4.45. The molecule has 4 aliphatic rings. The van der Waals surface area contributed by atoms with Crippen molar-refractivity contribution in [2.24, 2.45) is 35.5 Å². The zero-order chi connectivity index (χ0) is 5.59. The predicted octanol–water partition coefficient (Wildman–Crippen LogP) is 1.91. The zero-order valence-electron chi connectivity index (χ0n) is 5.59. The lowest BCUT2D eigenvalue weighted by Gasteiger charge is -2.04. The third kappa shape index (κ3) is 0.281. The first kappa shape index (κ1) is 4.00. The highest BCUT2D eigenvalue weighted by Crippen LogP contribution is 2.77. The van der Waals surface area contributed by atoms with Crippen LogP contribution in [0.2, 0.25) is 0 Å². The molecule has 0 N–H and O–H groups in total. The van der Waals surface area contributed by atoms with Gasteiger partial charge in [-0.25, -0.2) is 0 Å². The summed E-state index contributed by atoms with van der Waals surface area (Å²) >= 11 is 0. The van der Waals surface area contributed by atoms with Crippen molar-refractivity contribution in [2.75, 3.05) is 0 Å². The minimum Gasteiger partial charge on any atom is -0.0465 e. The van der Waals surface area contributed by atoms with Crippen LogP contribution in [0.25, 0.3) is 0 Å². The third-order valence-corrected chi connectivity index (χ3v) is 4.53. The van der Waals surface area contributed by atoms with E-state index in [4.69, 9.17) is 0 Å². The highest BCUT2D eigenvalue weighted by Gasteiger charge is 2.70. The van der Waals surface area contributed by atoms with Crippen molar-refractivity contribution >= 4 is 0 Å². The van der Waals surface area contributed by atoms with Gasteiger partial charge in [0.25, 0.3) is 0 Å². The minimum atomic E-state index is 1.25. The highest BCUT2D eigenvalue weighted by atomic mass is 14.7. The topological polar surface area (TPSA) is 0 Å². The maximum absolute atomic E-state index is 1.66. The van der Waals surface area contributed by atoms with Gasteiger partial charge in [0.2, 0.25) is 0 Å². The van der Waals surface area contributed by atoms with E-state index in [1.165, 1.54) is 35.5 Å². The Morgan fingerprint density at radius 3 is 0.889 bits per heavy atom. The normalized spacial score (nSPS) is 80.0. The van der Waals surface area contributed by atoms with Crippen molar-refractivity contribution in [3.05, 3.63) is 0 Å². The molecule has 0 atom stereocenters. The summed E-state index contributed by atoms with van der Waals surface area (Å²) in [6.07, 6.45) is 4.94. The van der Waals surface area contributed by atoms with E-state index in [1.54, 1.807) is 19.3 Å². The number of hydrogen-bond donors (Lipinski definition) is 0. The summed E-state index contributed by atoms with van der Waals surface area (Å²) in [6, 6.07) is 0. The van der Waals surface area contributed by atoms with E-state index in [0.29, 0.717) is 0 Å². The molecule has 0 unspecified atom stereocenters. The summed E-state index contributed by atoms with van der Waals surface area (Å²) in [4.78, 5) is 0. The van der Waals surface area contributed by atoms with Crippen molar-refractivity contribution in [2.45, 2.75) is 19.3 Å². The Morgan fingerprint density at radius 2 is 0.667 bits per heavy atom. The summed E-state index contributed by atoms with van der Waals surface area (Å²) < 4.78 is 0. The fraction of sp³-hybridized carbons (Fsp3) is 1.00. The summed E-state index contributed by atoms with van der Waals surface area (Å²) in [5, 5.41) is 0. The minimum absolute atomic E-state index is 1.25. The van der Waals surface area contributed by atoms with E-state index >= 15 is 0 Å². The molecule has 0 aromatic carbocycles. The van der Waals surface area contributed by atoms with Crippen LogP contribution in [0.5, 0.6) is 0 Å². The van der Waals surface area contributed by atoms with Gasteiger partial charge in [0.15, 0.2) is 0 Å². The molecule has 0 heteroatoms. The van der Waals surface area contributed by atoms with Crippen molar-refractivity contribution in [3.8, 4) is 0 Å². The lowest BCUT2D eigenvalue weighted by Crippen LogP contribution is -2.00. The van der Waals surface area contributed by atoms with Crippen LogP contribution in [0.3, 0.4) is 0 Å². The molecule has 0 saturated heterocycles. The van der Waals surface area contributed by atoms with Gasteiger partial charge < -0.3 is 0 Å². The van der Waals surface area contributed by atoms with E-state index in [-0.39, 0.29) is 0 Å². The lowest BCUT2D eigenvalue weighted by molar-refractivity contribution is 0.434. The van der Waals surface area contributed by atoms with Crippen molar-refractivity contribution in [1.82, 2.24) is 0 Å². The fourth-order valence-corrected chi connectivity index (χ4v) is 4.09. The van der Waals surface area contributed by atoms with Gasteiger partial charge in [-0.05, 0) is 54.8 Å². The maximum atomic E-state index is 1.66. The molecule has 4 rings (SSSR count). The van der Waals surface area contributed by atoms with Crippen LogP contribution in [-0.4, -0.2) is 0 Å². The molecule has 0 heterocycles. The van der Waals surface area contributed by atoms with Gasteiger partial charge in [0.05, 0.1) is 0 Å². The Balaban J connectivity index is 1.91. The average Bonchev–Trinajstić information content (AvgIpc) is 2.74. The summed E-state index contributed by atoms with van der Waals surface area (Å²) in [7, 11) is 0. The smallest absolute Gasteiger partial charge is 0.0349 e. The van der Waals surface area contributed by atoms with E-state index < -0.39 is 0 Å². The maximum Gasteiger partial charge on any atom is -0.0349 e. The van der Waals surface area contributed by atoms with Crippen molar-refractivity contribution in [3.63, 3.8) is 0 Å². The molecule has 0 aliphatic heterocycles. The number of hydrogen-bond acceptors (Lipinski definition) is 0. The van der Waals surface area contributed by atoms with Gasteiger partial charge in [-0.2, -0.15) is 0 Å². The first-order valence-corrected chi connectivity index (χ1v) is 4.45. The van der Waals surface area contributed by atoms with Gasteiger partial charge in [-0.3, -0.25) is 0 Å². The quantitative estimate of drug-likeness (QED) is 0.458. The third-order valence-electron chi connectivity index (χ3n) is 4.53. The number of rotatable bonds is 0. The fourth-order valence-electron chi connectivity index (χ4n) is 4.09. The Hall–Kier alpha value is 0. The molecule has 0 nitrogen and oxygen atoms in total. The van der Waals surface area contributed by atoms with Gasteiger partial charge in [0.1, 0.15) is 0 Å². The molecule has 2 bridgehead atoms. The summed E-state index contributed by atoms with van der Waals surface area (Å²) in [5.74, 6) is 7.56. The summed E-state index contributed by atoms with van der Waals surface area (Å²) in [5.41, 5.74) is 0. The molecule has 0 aromatic rings. The second kappa shape index (κ2) is 0.889. The molecule has 0 aromatic heterocycles. The Labute approximate surface area is 55.6 Å². The highest BCUT2D eigenvalue weighted by molar-refractivity contribution is 5.19.